The summed E-state index contributed by atoms with van der Waals surface area (Å²) in [6, 6.07) is 25.4. The van der Waals surface area contributed by atoms with Crippen LogP contribution in [0.25, 0.3) is 32.9 Å². The van der Waals surface area contributed by atoms with Crippen molar-refractivity contribution in [2.24, 2.45) is 0 Å². The van der Waals surface area contributed by atoms with Crippen molar-refractivity contribution in [2.75, 3.05) is 0 Å². The van der Waals surface area contributed by atoms with Crippen LogP contribution in [0.1, 0.15) is 5.56 Å². The lowest BCUT2D eigenvalue weighted by Crippen LogP contribution is -1.89. The first-order chi connectivity index (χ1) is 10.3. The number of fused-ring (bicyclic) bond motifs is 2. The van der Waals surface area contributed by atoms with E-state index in [0.717, 1.165) is 11.2 Å². The van der Waals surface area contributed by atoms with E-state index in [1.807, 2.05) is 12.1 Å². The van der Waals surface area contributed by atoms with Crippen molar-refractivity contribution in [2.45, 2.75) is 6.92 Å². The quantitative estimate of drug-likeness (QED) is 0.453. The molecule has 0 atom stereocenters. The summed E-state index contributed by atoms with van der Waals surface area (Å²) < 4.78 is 0. The maximum atomic E-state index is 4.81. The molecular formula is C20H15N. The van der Waals surface area contributed by atoms with Crippen molar-refractivity contribution in [3.05, 3.63) is 78.4 Å². The number of para-hydroxylation sites is 1. The van der Waals surface area contributed by atoms with Gasteiger partial charge in [0.2, 0.25) is 0 Å². The van der Waals surface area contributed by atoms with E-state index < -0.39 is 0 Å². The second-order valence-corrected chi connectivity index (χ2v) is 5.40. The predicted molar refractivity (Wildman–Crippen MR) is 89.4 cm³/mol. The molecule has 0 fully saturated rings. The Hall–Kier alpha value is -2.67. The molecule has 21 heavy (non-hydrogen) atoms. The molecule has 100 valence electrons. The Kier molecular flexibility index (Phi) is 2.71. The lowest BCUT2D eigenvalue weighted by atomic mass is 9.99. The van der Waals surface area contributed by atoms with Gasteiger partial charge in [-0.3, -0.25) is 0 Å². The minimum absolute atomic E-state index is 1.04. The zero-order valence-electron chi connectivity index (χ0n) is 11.9. The number of pyridine rings is 1. The molecule has 4 aromatic rings. The van der Waals surface area contributed by atoms with E-state index in [-0.39, 0.29) is 0 Å². The average molecular weight is 269 g/mol. The number of aromatic nitrogens is 1. The standard InChI is InChI=1S/C20H15N/c1-14-12-16-7-2-3-8-17(16)13-18(14)20-11-10-15-6-4-5-9-19(15)21-20/h2-13H,1H3. The Bertz CT molecular complexity index is 954. The highest BCUT2D eigenvalue weighted by atomic mass is 14.7. The van der Waals surface area contributed by atoms with Crippen molar-refractivity contribution in [1.82, 2.24) is 4.98 Å². The normalized spacial score (nSPS) is 11.1. The van der Waals surface area contributed by atoms with E-state index >= 15 is 0 Å². The van der Waals surface area contributed by atoms with Gasteiger partial charge >= 0.3 is 0 Å². The van der Waals surface area contributed by atoms with Crippen molar-refractivity contribution < 1.29 is 0 Å². The van der Waals surface area contributed by atoms with Gasteiger partial charge in [0.1, 0.15) is 0 Å². The summed E-state index contributed by atoms with van der Waals surface area (Å²) in [5.74, 6) is 0. The first-order valence-electron chi connectivity index (χ1n) is 7.17. The molecule has 0 aliphatic heterocycles. The number of hydrogen-bond acceptors (Lipinski definition) is 1. The number of benzene rings is 3. The van der Waals surface area contributed by atoms with E-state index in [4.69, 9.17) is 4.98 Å². The van der Waals surface area contributed by atoms with E-state index in [9.17, 15) is 0 Å². The second kappa shape index (κ2) is 4.71. The lowest BCUT2D eigenvalue weighted by molar-refractivity contribution is 1.37. The summed E-state index contributed by atoms with van der Waals surface area (Å²) >= 11 is 0. The second-order valence-electron chi connectivity index (χ2n) is 5.40. The van der Waals surface area contributed by atoms with Gasteiger partial charge in [-0.2, -0.15) is 0 Å². The van der Waals surface area contributed by atoms with Gasteiger partial charge in [0, 0.05) is 10.9 Å². The summed E-state index contributed by atoms with van der Waals surface area (Å²) in [5, 5.41) is 3.72. The number of aryl methyl sites for hydroxylation is 1. The van der Waals surface area contributed by atoms with Gasteiger partial charge in [-0.05, 0) is 41.5 Å². The highest BCUT2D eigenvalue weighted by molar-refractivity contribution is 5.89. The minimum atomic E-state index is 1.04. The average Bonchev–Trinajstić information content (AvgIpc) is 2.54. The SMILES string of the molecule is Cc1cc2ccccc2cc1-c1ccc2ccccc2n1. The first kappa shape index (κ1) is 12.1. The first-order valence-corrected chi connectivity index (χ1v) is 7.17. The van der Waals surface area contributed by atoms with Crippen LogP contribution in [0.5, 0.6) is 0 Å². The van der Waals surface area contributed by atoms with E-state index in [1.165, 1.54) is 27.3 Å². The van der Waals surface area contributed by atoms with E-state index in [0.29, 0.717) is 0 Å². The van der Waals surface area contributed by atoms with Crippen molar-refractivity contribution >= 4 is 21.7 Å². The van der Waals surface area contributed by atoms with Crippen molar-refractivity contribution in [3.8, 4) is 11.3 Å². The molecule has 0 spiro atoms. The van der Waals surface area contributed by atoms with Gasteiger partial charge in [0.05, 0.1) is 11.2 Å². The third kappa shape index (κ3) is 2.07. The molecule has 0 saturated heterocycles. The molecule has 0 amide bonds. The molecule has 0 aliphatic carbocycles. The van der Waals surface area contributed by atoms with Crippen LogP contribution in [0.15, 0.2) is 72.8 Å². The molecule has 3 aromatic carbocycles. The predicted octanol–water partition coefficient (Wildman–Crippen LogP) is 5.36. The smallest absolute Gasteiger partial charge is 0.0712 e. The summed E-state index contributed by atoms with van der Waals surface area (Å²) in [4.78, 5) is 4.81. The molecule has 0 aliphatic rings. The molecule has 1 nitrogen and oxygen atoms in total. The van der Waals surface area contributed by atoms with Gasteiger partial charge in [-0.25, -0.2) is 4.98 Å². The fraction of sp³-hybridized carbons (Fsp3) is 0.0500. The fourth-order valence-electron chi connectivity index (χ4n) is 2.85. The van der Waals surface area contributed by atoms with Crippen molar-refractivity contribution in [1.29, 1.82) is 0 Å². The Morgan fingerprint density at radius 2 is 1.33 bits per heavy atom. The lowest BCUT2D eigenvalue weighted by Gasteiger charge is -2.09. The third-order valence-electron chi connectivity index (χ3n) is 3.97. The molecule has 0 unspecified atom stereocenters. The molecule has 1 heteroatoms. The van der Waals surface area contributed by atoms with Crippen LogP contribution in [0.3, 0.4) is 0 Å². The maximum Gasteiger partial charge on any atom is 0.0712 e. The van der Waals surface area contributed by atoms with Crippen LogP contribution in [-0.4, -0.2) is 4.98 Å². The Morgan fingerprint density at radius 1 is 0.667 bits per heavy atom. The van der Waals surface area contributed by atoms with Crippen LogP contribution in [0.4, 0.5) is 0 Å². The maximum absolute atomic E-state index is 4.81. The minimum Gasteiger partial charge on any atom is -0.248 e. The van der Waals surface area contributed by atoms with Gasteiger partial charge in [0.15, 0.2) is 0 Å². The zero-order valence-corrected chi connectivity index (χ0v) is 11.9. The zero-order chi connectivity index (χ0) is 14.2. The van der Waals surface area contributed by atoms with E-state index in [1.54, 1.807) is 0 Å². The van der Waals surface area contributed by atoms with Crippen molar-refractivity contribution in [3.63, 3.8) is 0 Å². The highest BCUT2D eigenvalue weighted by Gasteiger charge is 2.06. The third-order valence-corrected chi connectivity index (χ3v) is 3.97. The molecule has 4 rings (SSSR count). The number of rotatable bonds is 1. The summed E-state index contributed by atoms with van der Waals surface area (Å²) in [6.07, 6.45) is 0. The van der Waals surface area contributed by atoms with Crippen LogP contribution < -0.4 is 0 Å². The Morgan fingerprint density at radius 3 is 2.14 bits per heavy atom. The van der Waals surface area contributed by atoms with Gasteiger partial charge in [-0.1, -0.05) is 54.6 Å². The summed E-state index contributed by atoms with van der Waals surface area (Å²) in [6.45, 7) is 2.15. The number of nitrogens with zero attached hydrogens (tertiary/aromatic N) is 1. The molecule has 0 N–H and O–H groups in total. The Balaban J connectivity index is 1.96. The van der Waals surface area contributed by atoms with E-state index in [2.05, 4.69) is 67.6 Å². The van der Waals surface area contributed by atoms with Crippen LogP contribution in [0.2, 0.25) is 0 Å². The van der Waals surface area contributed by atoms with Gasteiger partial charge < -0.3 is 0 Å². The molecule has 0 radical (unpaired) electrons. The van der Waals surface area contributed by atoms with Crippen LogP contribution in [0, 0.1) is 6.92 Å². The molecule has 0 saturated carbocycles. The molecule has 1 aromatic heterocycles. The molecular weight excluding hydrogens is 254 g/mol. The largest absolute Gasteiger partial charge is 0.248 e. The van der Waals surface area contributed by atoms with Gasteiger partial charge in [-0.15, -0.1) is 0 Å². The molecule has 1 heterocycles. The Labute approximate surface area is 123 Å². The number of hydrogen-bond donors (Lipinski definition) is 0. The fourth-order valence-corrected chi connectivity index (χ4v) is 2.85. The van der Waals surface area contributed by atoms with Gasteiger partial charge in [0.25, 0.3) is 0 Å². The van der Waals surface area contributed by atoms with Crippen LogP contribution >= 0.6 is 0 Å². The highest BCUT2D eigenvalue weighted by Crippen LogP contribution is 2.28. The topological polar surface area (TPSA) is 12.9 Å². The monoisotopic (exact) mass is 269 g/mol. The molecule has 0 bridgehead atoms. The summed E-state index contributed by atoms with van der Waals surface area (Å²) in [7, 11) is 0. The summed E-state index contributed by atoms with van der Waals surface area (Å²) in [5.41, 5.74) is 4.55. The van der Waals surface area contributed by atoms with Crippen LogP contribution in [-0.2, 0) is 0 Å².